The maximum atomic E-state index is 14.1. The average molecular weight is 339 g/mol. The summed E-state index contributed by atoms with van der Waals surface area (Å²) in [5.41, 5.74) is 1.83. The Kier molecular flexibility index (Phi) is 4.61. The second-order valence-corrected chi connectivity index (χ2v) is 6.47. The molecule has 1 saturated heterocycles. The molecule has 0 bridgehead atoms. The van der Waals surface area contributed by atoms with E-state index in [2.05, 4.69) is 20.7 Å². The van der Waals surface area contributed by atoms with Crippen LogP contribution < -0.4 is 10.6 Å². The molecule has 130 valence electrons. The molecule has 1 aliphatic rings. The lowest BCUT2D eigenvalue weighted by Crippen LogP contribution is -2.35. The number of benzene rings is 1. The Morgan fingerprint density at radius 3 is 3.00 bits per heavy atom. The first kappa shape index (κ1) is 16.0. The lowest BCUT2D eigenvalue weighted by Gasteiger charge is -2.23. The Morgan fingerprint density at radius 1 is 1.24 bits per heavy atom. The lowest BCUT2D eigenvalue weighted by atomic mass is 10.0. The van der Waals surface area contributed by atoms with Gasteiger partial charge >= 0.3 is 0 Å². The SMILES string of the molecule is Fc1ccccc1-c1cc(NCCC2CCCCN2)n2nccc2n1. The molecule has 2 N–H and O–H groups in total. The van der Waals surface area contributed by atoms with E-state index in [0.717, 1.165) is 25.3 Å². The number of piperidine rings is 1. The van der Waals surface area contributed by atoms with Crippen molar-refractivity contribution in [3.63, 3.8) is 0 Å². The highest BCUT2D eigenvalue weighted by atomic mass is 19.1. The van der Waals surface area contributed by atoms with Crippen LogP contribution in [0.2, 0.25) is 0 Å². The van der Waals surface area contributed by atoms with Crippen LogP contribution in [0.15, 0.2) is 42.6 Å². The van der Waals surface area contributed by atoms with E-state index in [-0.39, 0.29) is 5.82 Å². The van der Waals surface area contributed by atoms with Gasteiger partial charge in [-0.1, -0.05) is 18.6 Å². The van der Waals surface area contributed by atoms with Crippen molar-refractivity contribution < 1.29 is 4.39 Å². The summed E-state index contributed by atoms with van der Waals surface area (Å²) in [6.07, 6.45) is 6.57. The van der Waals surface area contributed by atoms with Crippen molar-refractivity contribution in [3.8, 4) is 11.3 Å². The van der Waals surface area contributed by atoms with Crippen molar-refractivity contribution in [1.29, 1.82) is 0 Å². The number of nitrogens with one attached hydrogen (secondary N) is 2. The summed E-state index contributed by atoms with van der Waals surface area (Å²) in [4.78, 5) is 4.53. The zero-order valence-electron chi connectivity index (χ0n) is 14.1. The summed E-state index contributed by atoms with van der Waals surface area (Å²) in [5.74, 6) is 0.570. The van der Waals surface area contributed by atoms with E-state index < -0.39 is 0 Å². The smallest absolute Gasteiger partial charge is 0.157 e. The van der Waals surface area contributed by atoms with Crippen molar-refractivity contribution in [1.82, 2.24) is 19.9 Å². The summed E-state index contributed by atoms with van der Waals surface area (Å²) in [6.45, 7) is 1.95. The summed E-state index contributed by atoms with van der Waals surface area (Å²) < 4.78 is 15.9. The summed E-state index contributed by atoms with van der Waals surface area (Å²) in [6, 6.07) is 11.0. The van der Waals surface area contributed by atoms with Crippen LogP contribution in [0.3, 0.4) is 0 Å². The molecule has 1 aromatic carbocycles. The van der Waals surface area contributed by atoms with Crippen LogP contribution in [0, 0.1) is 5.82 Å². The average Bonchev–Trinajstić information content (AvgIpc) is 3.12. The van der Waals surface area contributed by atoms with Gasteiger partial charge in [-0.05, 0) is 37.9 Å². The van der Waals surface area contributed by atoms with Gasteiger partial charge in [0, 0.05) is 30.3 Å². The van der Waals surface area contributed by atoms with Gasteiger partial charge in [0.1, 0.15) is 11.6 Å². The molecule has 0 amide bonds. The number of nitrogens with zero attached hydrogens (tertiary/aromatic N) is 3. The molecule has 0 saturated carbocycles. The first-order valence-corrected chi connectivity index (χ1v) is 8.88. The molecule has 25 heavy (non-hydrogen) atoms. The summed E-state index contributed by atoms with van der Waals surface area (Å²) in [5, 5.41) is 11.3. The van der Waals surface area contributed by atoms with Crippen molar-refractivity contribution in [2.75, 3.05) is 18.4 Å². The van der Waals surface area contributed by atoms with Gasteiger partial charge in [0.2, 0.25) is 0 Å². The third-order valence-electron chi connectivity index (χ3n) is 4.72. The second kappa shape index (κ2) is 7.19. The lowest BCUT2D eigenvalue weighted by molar-refractivity contribution is 0.388. The number of anilines is 1. The fourth-order valence-corrected chi connectivity index (χ4v) is 3.39. The molecule has 3 heterocycles. The Hall–Kier alpha value is -2.47. The van der Waals surface area contributed by atoms with Crippen LogP contribution in [0.5, 0.6) is 0 Å². The minimum atomic E-state index is -0.267. The maximum absolute atomic E-state index is 14.1. The van der Waals surface area contributed by atoms with Crippen molar-refractivity contribution >= 4 is 11.5 Å². The second-order valence-electron chi connectivity index (χ2n) is 6.47. The molecule has 1 atom stereocenters. The van der Waals surface area contributed by atoms with Gasteiger partial charge < -0.3 is 10.6 Å². The minimum absolute atomic E-state index is 0.267. The minimum Gasteiger partial charge on any atom is -0.370 e. The van der Waals surface area contributed by atoms with Gasteiger partial charge in [0.25, 0.3) is 0 Å². The standard InChI is InChI=1S/C19H22FN5/c20-16-7-2-1-6-15(16)17-13-19(25-18(24-17)9-12-23-25)22-11-8-14-5-3-4-10-21-14/h1-2,6-7,9,12-14,21-22H,3-5,8,10-11H2. The largest absolute Gasteiger partial charge is 0.370 e. The first-order valence-electron chi connectivity index (χ1n) is 8.88. The zero-order valence-corrected chi connectivity index (χ0v) is 14.1. The molecular weight excluding hydrogens is 317 g/mol. The number of hydrogen-bond acceptors (Lipinski definition) is 4. The Labute approximate surface area is 146 Å². The zero-order chi connectivity index (χ0) is 17.1. The van der Waals surface area contributed by atoms with Crippen LogP contribution in [0.1, 0.15) is 25.7 Å². The number of hydrogen-bond donors (Lipinski definition) is 2. The van der Waals surface area contributed by atoms with Gasteiger partial charge in [-0.2, -0.15) is 9.61 Å². The molecular formula is C19H22FN5. The van der Waals surface area contributed by atoms with E-state index in [1.165, 1.54) is 25.3 Å². The Balaban J connectivity index is 1.57. The number of halogens is 1. The Bertz CT molecular complexity index is 854. The highest BCUT2D eigenvalue weighted by Crippen LogP contribution is 2.24. The number of aromatic nitrogens is 3. The van der Waals surface area contributed by atoms with Gasteiger partial charge in [0.05, 0.1) is 11.9 Å². The van der Waals surface area contributed by atoms with Gasteiger partial charge in [0.15, 0.2) is 5.65 Å². The molecule has 2 aromatic heterocycles. The predicted molar refractivity (Wildman–Crippen MR) is 97.1 cm³/mol. The van der Waals surface area contributed by atoms with Crippen LogP contribution in [0.25, 0.3) is 16.9 Å². The molecule has 3 aromatic rings. The normalized spacial score (nSPS) is 17.7. The first-order chi connectivity index (χ1) is 12.3. The highest BCUT2D eigenvalue weighted by molar-refractivity contribution is 5.66. The third kappa shape index (κ3) is 3.49. The monoisotopic (exact) mass is 339 g/mol. The van der Waals surface area contributed by atoms with E-state index >= 15 is 0 Å². The van der Waals surface area contributed by atoms with E-state index in [1.807, 2.05) is 18.2 Å². The van der Waals surface area contributed by atoms with Crippen LogP contribution >= 0.6 is 0 Å². The maximum Gasteiger partial charge on any atom is 0.157 e. The van der Waals surface area contributed by atoms with Gasteiger partial charge in [-0.15, -0.1) is 0 Å². The van der Waals surface area contributed by atoms with Crippen molar-refractivity contribution in [2.45, 2.75) is 31.7 Å². The summed E-state index contributed by atoms with van der Waals surface area (Å²) in [7, 11) is 0. The fourth-order valence-electron chi connectivity index (χ4n) is 3.39. The van der Waals surface area contributed by atoms with Gasteiger partial charge in [-0.3, -0.25) is 0 Å². The Morgan fingerprint density at radius 2 is 2.16 bits per heavy atom. The molecule has 0 spiro atoms. The van der Waals surface area contributed by atoms with Crippen molar-refractivity contribution in [2.24, 2.45) is 0 Å². The summed E-state index contributed by atoms with van der Waals surface area (Å²) >= 11 is 0. The van der Waals surface area contributed by atoms with E-state index in [4.69, 9.17) is 0 Å². The number of fused-ring (bicyclic) bond motifs is 1. The molecule has 1 aliphatic heterocycles. The van der Waals surface area contributed by atoms with Crippen LogP contribution in [-0.2, 0) is 0 Å². The van der Waals surface area contributed by atoms with Crippen molar-refractivity contribution in [3.05, 3.63) is 48.4 Å². The quantitative estimate of drug-likeness (QED) is 0.747. The number of rotatable bonds is 5. The van der Waals surface area contributed by atoms with Crippen LogP contribution in [0.4, 0.5) is 10.2 Å². The third-order valence-corrected chi connectivity index (χ3v) is 4.72. The molecule has 4 rings (SSSR count). The topological polar surface area (TPSA) is 54.2 Å². The molecule has 1 unspecified atom stereocenters. The van der Waals surface area contributed by atoms with E-state index in [9.17, 15) is 4.39 Å². The van der Waals surface area contributed by atoms with E-state index in [0.29, 0.717) is 22.9 Å². The molecule has 5 nitrogen and oxygen atoms in total. The molecule has 1 fully saturated rings. The molecule has 0 radical (unpaired) electrons. The molecule has 6 heteroatoms. The highest BCUT2D eigenvalue weighted by Gasteiger charge is 2.14. The van der Waals surface area contributed by atoms with Gasteiger partial charge in [-0.25, -0.2) is 9.37 Å². The molecule has 0 aliphatic carbocycles. The predicted octanol–water partition coefficient (Wildman–Crippen LogP) is 3.48. The van der Waals surface area contributed by atoms with E-state index in [1.54, 1.807) is 22.8 Å². The van der Waals surface area contributed by atoms with Crippen LogP contribution in [-0.4, -0.2) is 33.7 Å². The fraction of sp³-hybridized carbons (Fsp3) is 0.368.